The monoisotopic (exact) mass is 360 g/mol. The molecule has 1 aromatic carbocycles. The number of benzene rings is 1. The van der Waals surface area contributed by atoms with Crippen molar-refractivity contribution in [2.75, 3.05) is 0 Å². The van der Waals surface area contributed by atoms with E-state index in [-0.39, 0.29) is 17.1 Å². The number of Topliss-reactive ketones (excluding diaryl/α,β-unsaturated/α-hetero) is 2. The Labute approximate surface area is 156 Å². The van der Waals surface area contributed by atoms with Gasteiger partial charge in [0.15, 0.2) is 0 Å². The Morgan fingerprint density at radius 1 is 0.615 bits per heavy atom. The Balaban J connectivity index is 1.33. The van der Waals surface area contributed by atoms with E-state index in [1.165, 1.54) is 4.90 Å². The van der Waals surface area contributed by atoms with E-state index < -0.39 is 0 Å². The maximum atomic E-state index is 13.6. The summed E-state index contributed by atoms with van der Waals surface area (Å²) < 4.78 is 0. The van der Waals surface area contributed by atoms with Gasteiger partial charge >= 0.3 is 0 Å². The molecular formula is C23H20O2S. The van der Waals surface area contributed by atoms with E-state index >= 15 is 0 Å². The van der Waals surface area contributed by atoms with Gasteiger partial charge in [-0.1, -0.05) is 30.4 Å². The first-order valence-electron chi connectivity index (χ1n) is 10.2. The van der Waals surface area contributed by atoms with Gasteiger partial charge in [0.25, 0.3) is 0 Å². The van der Waals surface area contributed by atoms with Gasteiger partial charge in [-0.25, -0.2) is 0 Å². The molecule has 7 aliphatic carbocycles. The molecule has 0 aromatic heterocycles. The minimum Gasteiger partial charge on any atom is -0.299 e. The SMILES string of the molecule is O=C1[C@H]2[C@H]3C4C5[C@@H](C=C[C@@H]52)[C@H]2C(=O)[C@H]5C(Sc6ccccc6)[C@@H]1[C@H]3[C@@H]5[C@H]42. The molecule has 0 bridgehead atoms. The quantitative estimate of drug-likeness (QED) is 0.759. The second-order valence-electron chi connectivity index (χ2n) is 9.81. The minimum atomic E-state index is 0.147. The maximum Gasteiger partial charge on any atom is 0.141 e. The zero-order chi connectivity index (χ0) is 16.9. The highest BCUT2D eigenvalue weighted by molar-refractivity contribution is 8.00. The van der Waals surface area contributed by atoms with Gasteiger partial charge in [0.2, 0.25) is 0 Å². The second kappa shape index (κ2) is 4.06. The van der Waals surface area contributed by atoms with Crippen LogP contribution in [0.1, 0.15) is 0 Å². The third kappa shape index (κ3) is 1.16. The number of hydrogen-bond acceptors (Lipinski definition) is 3. The highest BCUT2D eigenvalue weighted by Gasteiger charge is 2.84. The zero-order valence-electron chi connectivity index (χ0n) is 14.3. The molecule has 26 heavy (non-hydrogen) atoms. The molecule has 0 heterocycles. The van der Waals surface area contributed by atoms with Crippen LogP contribution in [0.2, 0.25) is 0 Å². The lowest BCUT2D eigenvalue weighted by atomic mass is 9.79. The fraction of sp³-hybridized carbons (Fsp3) is 0.565. The van der Waals surface area contributed by atoms with E-state index in [0.717, 1.165) is 0 Å². The zero-order valence-corrected chi connectivity index (χ0v) is 15.1. The van der Waals surface area contributed by atoms with Gasteiger partial charge in [-0.3, -0.25) is 9.59 Å². The van der Waals surface area contributed by atoms with Gasteiger partial charge in [0, 0.05) is 33.8 Å². The van der Waals surface area contributed by atoms with Crippen molar-refractivity contribution in [3.8, 4) is 0 Å². The van der Waals surface area contributed by atoms with Gasteiger partial charge in [-0.2, -0.15) is 0 Å². The van der Waals surface area contributed by atoms with Crippen LogP contribution in [0.15, 0.2) is 47.4 Å². The average molecular weight is 360 g/mol. The summed E-state index contributed by atoms with van der Waals surface area (Å²) in [6, 6.07) is 10.5. The molecule has 2 nitrogen and oxygen atoms in total. The van der Waals surface area contributed by atoms with Crippen LogP contribution in [0.4, 0.5) is 0 Å². The highest BCUT2D eigenvalue weighted by Crippen LogP contribution is 2.83. The van der Waals surface area contributed by atoms with Gasteiger partial charge in [0.1, 0.15) is 11.6 Å². The van der Waals surface area contributed by atoms with Crippen molar-refractivity contribution in [1.82, 2.24) is 0 Å². The topological polar surface area (TPSA) is 34.1 Å². The molecule has 130 valence electrons. The van der Waals surface area contributed by atoms with Crippen molar-refractivity contribution in [3.63, 3.8) is 0 Å². The number of carbonyl (C=O) groups is 2. The number of rotatable bonds is 2. The van der Waals surface area contributed by atoms with Crippen molar-refractivity contribution in [2.24, 2.45) is 71.0 Å². The Morgan fingerprint density at radius 3 is 1.73 bits per heavy atom. The maximum absolute atomic E-state index is 13.6. The molecule has 0 spiro atoms. The molecule has 1 aromatic rings. The van der Waals surface area contributed by atoms with Gasteiger partial charge < -0.3 is 0 Å². The third-order valence-corrected chi connectivity index (χ3v) is 11.0. The van der Waals surface area contributed by atoms with E-state index in [9.17, 15) is 9.59 Å². The highest BCUT2D eigenvalue weighted by atomic mass is 32.2. The molecule has 0 amide bonds. The summed E-state index contributed by atoms with van der Waals surface area (Å²) in [7, 11) is 0. The summed E-state index contributed by atoms with van der Waals surface area (Å²) in [5.74, 6) is 6.51. The summed E-state index contributed by atoms with van der Waals surface area (Å²) in [5, 5.41) is 0.197. The molecule has 3 heteroatoms. The summed E-state index contributed by atoms with van der Waals surface area (Å²) in [6.45, 7) is 0. The largest absolute Gasteiger partial charge is 0.299 e. The molecule has 0 N–H and O–H groups in total. The molecule has 0 radical (unpaired) electrons. The number of hydrogen-bond donors (Lipinski definition) is 0. The van der Waals surface area contributed by atoms with Crippen LogP contribution in [-0.4, -0.2) is 16.8 Å². The summed E-state index contributed by atoms with van der Waals surface area (Å²) >= 11 is 1.84. The molecule has 8 rings (SSSR count). The minimum absolute atomic E-state index is 0.147. The predicted molar refractivity (Wildman–Crippen MR) is 97.1 cm³/mol. The summed E-state index contributed by atoms with van der Waals surface area (Å²) in [4.78, 5) is 28.4. The van der Waals surface area contributed by atoms with Gasteiger partial charge in [-0.05, 0) is 59.5 Å². The molecule has 6 saturated carbocycles. The molecule has 7 aliphatic rings. The van der Waals surface area contributed by atoms with Crippen molar-refractivity contribution < 1.29 is 9.59 Å². The first kappa shape index (κ1) is 13.8. The number of allylic oxidation sites excluding steroid dienone is 2. The van der Waals surface area contributed by atoms with Crippen LogP contribution >= 0.6 is 11.8 Å². The van der Waals surface area contributed by atoms with Crippen molar-refractivity contribution >= 4 is 23.3 Å². The number of thioether (sulfide) groups is 1. The van der Waals surface area contributed by atoms with Gasteiger partial charge in [0.05, 0.1) is 0 Å². The number of ketones is 2. The standard InChI is InChI=1S/C23H20O2S/c24-21-12-9-6-7-10-11(9)14-15(12)17-18-16(14)13(10)22(25)20(18)23(19(17)21)26-8-4-2-1-3-5-8/h1-7,9-20,23H/t9-,10+,11?,12-,13-,14?,15+,16+,17+,18-,19+,20-,23?/m1/s1. The van der Waals surface area contributed by atoms with E-state index in [4.69, 9.17) is 0 Å². The Hall–Kier alpha value is -1.35. The van der Waals surface area contributed by atoms with Crippen LogP contribution < -0.4 is 0 Å². The molecule has 0 saturated heterocycles. The van der Waals surface area contributed by atoms with Crippen LogP contribution in [-0.2, 0) is 9.59 Å². The lowest BCUT2D eigenvalue weighted by molar-refractivity contribution is -0.127. The van der Waals surface area contributed by atoms with Crippen LogP contribution in [0.3, 0.4) is 0 Å². The molecule has 0 aliphatic heterocycles. The van der Waals surface area contributed by atoms with Crippen molar-refractivity contribution in [2.45, 2.75) is 10.1 Å². The van der Waals surface area contributed by atoms with E-state index in [0.29, 0.717) is 70.7 Å². The fourth-order valence-corrected chi connectivity index (χ4v) is 11.1. The van der Waals surface area contributed by atoms with Crippen LogP contribution in [0.5, 0.6) is 0 Å². The summed E-state index contributed by atoms with van der Waals surface area (Å²) in [5.41, 5.74) is 0. The molecule has 3 unspecified atom stereocenters. The third-order valence-electron chi connectivity index (χ3n) is 9.64. The Bertz CT molecular complexity index is 869. The molecule has 13 atom stereocenters. The van der Waals surface area contributed by atoms with E-state index in [1.54, 1.807) is 0 Å². The lowest BCUT2D eigenvalue weighted by Crippen LogP contribution is -2.35. The number of carbonyl (C=O) groups excluding carboxylic acids is 2. The lowest BCUT2D eigenvalue weighted by Gasteiger charge is -2.28. The predicted octanol–water partition coefficient (Wildman–Crippen LogP) is 3.33. The van der Waals surface area contributed by atoms with Crippen molar-refractivity contribution in [1.29, 1.82) is 0 Å². The van der Waals surface area contributed by atoms with E-state index in [2.05, 4.69) is 36.4 Å². The molecular weight excluding hydrogens is 340 g/mol. The average Bonchev–Trinajstić information content (AvgIpc) is 3.40. The number of fused-ring (bicyclic) bond motifs is 2. The first-order chi connectivity index (χ1) is 12.8. The normalized spacial score (nSPS) is 60.8. The fourth-order valence-electron chi connectivity index (χ4n) is 9.60. The second-order valence-corrected chi connectivity index (χ2v) is 11.1. The van der Waals surface area contributed by atoms with Crippen LogP contribution in [0.25, 0.3) is 0 Å². The van der Waals surface area contributed by atoms with Crippen LogP contribution in [0, 0.1) is 71.0 Å². The van der Waals surface area contributed by atoms with Crippen molar-refractivity contribution in [3.05, 3.63) is 42.5 Å². The Kier molecular flexibility index (Phi) is 2.15. The smallest absolute Gasteiger partial charge is 0.141 e. The summed E-state index contributed by atoms with van der Waals surface area (Å²) in [6.07, 6.45) is 4.71. The van der Waals surface area contributed by atoms with Gasteiger partial charge in [-0.15, -0.1) is 11.8 Å². The first-order valence-corrected chi connectivity index (χ1v) is 11.1. The van der Waals surface area contributed by atoms with E-state index in [1.807, 2.05) is 17.8 Å². The molecule has 6 fully saturated rings. The Morgan fingerprint density at radius 2 is 1.15 bits per heavy atom.